The third-order valence-electron chi connectivity index (χ3n) is 6.03. The molecule has 0 bridgehead atoms. The summed E-state index contributed by atoms with van der Waals surface area (Å²) in [5, 5.41) is 4.37. The second-order valence-electron chi connectivity index (χ2n) is 7.45. The van der Waals surface area contributed by atoms with Gasteiger partial charge in [-0.1, -0.05) is 18.5 Å². The Labute approximate surface area is 147 Å². The van der Waals surface area contributed by atoms with Crippen molar-refractivity contribution in [1.82, 2.24) is 15.3 Å². The van der Waals surface area contributed by atoms with E-state index in [1.807, 2.05) is 6.07 Å². The van der Waals surface area contributed by atoms with Crippen LogP contribution in [0.3, 0.4) is 0 Å². The number of aromatic nitrogens is 2. The van der Waals surface area contributed by atoms with E-state index in [1.54, 1.807) is 6.33 Å². The predicted octanol–water partition coefficient (Wildman–Crippen LogP) is 3.56. The van der Waals surface area contributed by atoms with Crippen LogP contribution in [0.1, 0.15) is 42.5 Å². The highest BCUT2D eigenvalue weighted by Crippen LogP contribution is 2.50. The zero-order chi connectivity index (χ0) is 16.3. The van der Waals surface area contributed by atoms with E-state index in [9.17, 15) is 0 Å². The first kappa shape index (κ1) is 14.7. The maximum Gasteiger partial charge on any atom is 0.140 e. The summed E-state index contributed by atoms with van der Waals surface area (Å²) in [6.07, 6.45) is 5.13. The number of nitrogens with zero attached hydrogens (tertiary/aromatic N) is 3. The SMILES string of the molecule is C[C@@H]1CCc2ncnc(N3C[C@]4(CCNC4)c4cc(Cl)ccc43)c21. The molecule has 5 heteroatoms. The minimum atomic E-state index is 0.153. The lowest BCUT2D eigenvalue weighted by molar-refractivity contribution is 0.507. The van der Waals surface area contributed by atoms with Crippen molar-refractivity contribution in [2.75, 3.05) is 24.5 Å². The highest BCUT2D eigenvalue weighted by molar-refractivity contribution is 6.30. The maximum absolute atomic E-state index is 6.33. The van der Waals surface area contributed by atoms with Gasteiger partial charge in [-0.2, -0.15) is 0 Å². The van der Waals surface area contributed by atoms with Crippen LogP contribution in [-0.2, 0) is 11.8 Å². The summed E-state index contributed by atoms with van der Waals surface area (Å²) in [6, 6.07) is 6.33. The van der Waals surface area contributed by atoms with Crippen LogP contribution < -0.4 is 10.2 Å². The van der Waals surface area contributed by atoms with Crippen LogP contribution >= 0.6 is 11.6 Å². The molecule has 1 spiro atoms. The highest BCUT2D eigenvalue weighted by atomic mass is 35.5. The van der Waals surface area contributed by atoms with Crippen LogP contribution in [0.2, 0.25) is 5.02 Å². The Hall–Kier alpha value is -1.65. The Balaban J connectivity index is 1.68. The van der Waals surface area contributed by atoms with Gasteiger partial charge in [-0.15, -0.1) is 0 Å². The fourth-order valence-electron chi connectivity index (χ4n) is 4.78. The van der Waals surface area contributed by atoms with Gasteiger partial charge in [0.2, 0.25) is 0 Å². The van der Waals surface area contributed by atoms with Gasteiger partial charge < -0.3 is 10.2 Å². The second kappa shape index (κ2) is 5.17. The standard InChI is InChI=1S/C19H21ClN4/c1-12-2-4-15-17(12)18(23-11-22-15)24-10-19(6-7-21-9-19)14-8-13(20)3-5-16(14)24/h3,5,8,11-12,21H,2,4,6-7,9-10H2,1H3/t12-,19-/m1/s1. The normalized spacial score (nSPS) is 27.8. The van der Waals surface area contributed by atoms with Gasteiger partial charge in [0.1, 0.15) is 12.1 Å². The molecule has 2 atom stereocenters. The summed E-state index contributed by atoms with van der Waals surface area (Å²) in [4.78, 5) is 11.7. The van der Waals surface area contributed by atoms with Crippen molar-refractivity contribution in [1.29, 1.82) is 0 Å². The number of hydrogen-bond acceptors (Lipinski definition) is 4. The van der Waals surface area contributed by atoms with Crippen LogP contribution in [-0.4, -0.2) is 29.6 Å². The first-order valence-electron chi connectivity index (χ1n) is 8.80. The molecule has 1 N–H and O–H groups in total. The van der Waals surface area contributed by atoms with E-state index >= 15 is 0 Å². The number of fused-ring (bicyclic) bond motifs is 3. The molecule has 0 unspecified atom stereocenters. The van der Waals surface area contributed by atoms with Gasteiger partial charge in [0.15, 0.2) is 0 Å². The van der Waals surface area contributed by atoms with Crippen LogP contribution in [0, 0.1) is 0 Å². The minimum Gasteiger partial charge on any atom is -0.325 e. The van der Waals surface area contributed by atoms with Gasteiger partial charge in [0, 0.05) is 40.5 Å². The third-order valence-corrected chi connectivity index (χ3v) is 6.27. The monoisotopic (exact) mass is 340 g/mol. The van der Waals surface area contributed by atoms with E-state index in [2.05, 4.69) is 34.3 Å². The smallest absolute Gasteiger partial charge is 0.140 e. The van der Waals surface area contributed by atoms with E-state index in [-0.39, 0.29) is 5.41 Å². The van der Waals surface area contributed by atoms with Crippen LogP contribution in [0.4, 0.5) is 11.5 Å². The summed E-state index contributed by atoms with van der Waals surface area (Å²) < 4.78 is 0. The van der Waals surface area contributed by atoms with Crippen molar-refractivity contribution in [3.8, 4) is 0 Å². The van der Waals surface area contributed by atoms with Gasteiger partial charge in [-0.25, -0.2) is 9.97 Å². The molecule has 2 aromatic rings. The minimum absolute atomic E-state index is 0.153. The average Bonchev–Trinajstić information content (AvgIpc) is 3.28. The number of anilines is 2. The molecule has 124 valence electrons. The van der Waals surface area contributed by atoms with E-state index in [1.165, 1.54) is 28.9 Å². The van der Waals surface area contributed by atoms with Gasteiger partial charge in [-0.3, -0.25) is 0 Å². The number of aryl methyl sites for hydroxylation is 1. The van der Waals surface area contributed by atoms with Crippen LogP contribution in [0.5, 0.6) is 0 Å². The van der Waals surface area contributed by atoms with Crippen molar-refractivity contribution >= 4 is 23.1 Å². The van der Waals surface area contributed by atoms with E-state index in [4.69, 9.17) is 16.6 Å². The zero-order valence-corrected chi connectivity index (χ0v) is 14.6. The Morgan fingerprint density at radius 2 is 2.25 bits per heavy atom. The van der Waals surface area contributed by atoms with Crippen molar-refractivity contribution in [3.63, 3.8) is 0 Å². The fraction of sp³-hybridized carbons (Fsp3) is 0.474. The third kappa shape index (κ3) is 1.96. The van der Waals surface area contributed by atoms with E-state index in [0.717, 1.165) is 43.3 Å². The molecule has 1 aliphatic carbocycles. The molecule has 1 aromatic heterocycles. The molecule has 2 aliphatic heterocycles. The number of nitrogens with one attached hydrogen (secondary N) is 1. The quantitative estimate of drug-likeness (QED) is 0.861. The molecule has 0 amide bonds. The number of benzene rings is 1. The fourth-order valence-corrected chi connectivity index (χ4v) is 4.95. The largest absolute Gasteiger partial charge is 0.325 e. The Bertz CT molecular complexity index is 813. The zero-order valence-electron chi connectivity index (χ0n) is 13.8. The van der Waals surface area contributed by atoms with Crippen molar-refractivity contribution in [3.05, 3.63) is 46.4 Å². The Morgan fingerprint density at radius 1 is 1.33 bits per heavy atom. The molecule has 3 heterocycles. The van der Waals surface area contributed by atoms with Gasteiger partial charge >= 0.3 is 0 Å². The van der Waals surface area contributed by atoms with Gasteiger partial charge in [0.25, 0.3) is 0 Å². The Kier molecular flexibility index (Phi) is 3.16. The summed E-state index contributed by atoms with van der Waals surface area (Å²) >= 11 is 6.33. The maximum atomic E-state index is 6.33. The molecular formula is C19H21ClN4. The summed E-state index contributed by atoms with van der Waals surface area (Å²) in [5.74, 6) is 1.64. The lowest BCUT2D eigenvalue weighted by atomic mass is 9.82. The number of hydrogen-bond donors (Lipinski definition) is 1. The average molecular weight is 341 g/mol. The van der Waals surface area contributed by atoms with E-state index < -0.39 is 0 Å². The summed E-state index contributed by atoms with van der Waals surface area (Å²) in [6.45, 7) is 5.36. The first-order chi connectivity index (χ1) is 11.7. The molecule has 4 nitrogen and oxygen atoms in total. The second-order valence-corrected chi connectivity index (χ2v) is 7.89. The number of rotatable bonds is 1. The first-order valence-corrected chi connectivity index (χ1v) is 9.18. The summed E-state index contributed by atoms with van der Waals surface area (Å²) in [7, 11) is 0. The predicted molar refractivity (Wildman–Crippen MR) is 96.4 cm³/mol. The number of halogens is 1. The lowest BCUT2D eigenvalue weighted by Gasteiger charge is -2.26. The van der Waals surface area contributed by atoms with Crippen LogP contribution in [0.25, 0.3) is 0 Å². The molecule has 0 radical (unpaired) electrons. The van der Waals surface area contributed by atoms with Crippen LogP contribution in [0.15, 0.2) is 24.5 Å². The topological polar surface area (TPSA) is 41.1 Å². The lowest BCUT2D eigenvalue weighted by Crippen LogP contribution is -2.34. The van der Waals surface area contributed by atoms with Gasteiger partial charge in [-0.05, 0) is 55.5 Å². The molecule has 24 heavy (non-hydrogen) atoms. The van der Waals surface area contributed by atoms with Crippen molar-refractivity contribution in [2.45, 2.75) is 37.5 Å². The Morgan fingerprint density at radius 3 is 3.08 bits per heavy atom. The molecular weight excluding hydrogens is 320 g/mol. The molecule has 1 saturated heterocycles. The van der Waals surface area contributed by atoms with E-state index in [0.29, 0.717) is 5.92 Å². The van der Waals surface area contributed by atoms with Gasteiger partial charge in [0.05, 0.1) is 0 Å². The molecule has 3 aliphatic rings. The summed E-state index contributed by atoms with van der Waals surface area (Å²) in [5.41, 5.74) is 5.37. The van der Waals surface area contributed by atoms with Crippen molar-refractivity contribution < 1.29 is 0 Å². The molecule has 5 rings (SSSR count). The molecule has 0 saturated carbocycles. The highest BCUT2D eigenvalue weighted by Gasteiger charge is 2.46. The molecule has 1 aromatic carbocycles. The molecule has 1 fully saturated rings. The van der Waals surface area contributed by atoms with Crippen molar-refractivity contribution in [2.24, 2.45) is 0 Å².